The normalized spacial score (nSPS) is 11.2. The van der Waals surface area contributed by atoms with Crippen LogP contribution in [0.4, 0.5) is 5.82 Å². The van der Waals surface area contributed by atoms with Crippen molar-refractivity contribution in [2.24, 2.45) is 11.8 Å². The minimum absolute atomic E-state index is 0.332. The molecule has 0 amide bonds. The van der Waals surface area contributed by atoms with E-state index in [0.717, 1.165) is 17.7 Å². The van der Waals surface area contributed by atoms with Gasteiger partial charge in [-0.2, -0.15) is 0 Å². The Labute approximate surface area is 126 Å². The van der Waals surface area contributed by atoms with Crippen molar-refractivity contribution in [2.45, 2.75) is 40.0 Å². The van der Waals surface area contributed by atoms with Crippen molar-refractivity contribution in [1.82, 2.24) is 9.97 Å². The van der Waals surface area contributed by atoms with E-state index in [0.29, 0.717) is 23.5 Å². The summed E-state index contributed by atoms with van der Waals surface area (Å²) in [4.78, 5) is 9.08. The van der Waals surface area contributed by atoms with Crippen LogP contribution in [0.2, 0.25) is 0 Å². The molecular weight excluding hydrogens is 260 g/mol. The molecule has 112 valence electrons. The van der Waals surface area contributed by atoms with E-state index < -0.39 is 0 Å². The lowest BCUT2D eigenvalue weighted by Crippen LogP contribution is -2.11. The highest BCUT2D eigenvalue weighted by Gasteiger charge is 2.09. The van der Waals surface area contributed by atoms with Gasteiger partial charge in [-0.25, -0.2) is 15.8 Å². The minimum atomic E-state index is 0.332. The van der Waals surface area contributed by atoms with Gasteiger partial charge in [0.05, 0.1) is 0 Å². The van der Waals surface area contributed by atoms with Crippen molar-refractivity contribution in [3.8, 4) is 11.4 Å². The summed E-state index contributed by atoms with van der Waals surface area (Å²) in [6.07, 6.45) is 1.09. The average Bonchev–Trinajstić information content (AvgIpc) is 2.46. The van der Waals surface area contributed by atoms with Gasteiger partial charge in [-0.15, -0.1) is 0 Å². The molecule has 1 aromatic carbocycles. The van der Waals surface area contributed by atoms with Crippen molar-refractivity contribution >= 4 is 5.82 Å². The molecule has 3 N–H and O–H groups in total. The van der Waals surface area contributed by atoms with Gasteiger partial charge < -0.3 is 5.43 Å². The van der Waals surface area contributed by atoms with Crippen LogP contribution in [0.5, 0.6) is 0 Å². The summed E-state index contributed by atoms with van der Waals surface area (Å²) in [6.45, 7) is 8.67. The Kier molecular flexibility index (Phi) is 4.91. The highest BCUT2D eigenvalue weighted by Crippen LogP contribution is 2.22. The van der Waals surface area contributed by atoms with Crippen LogP contribution in [-0.4, -0.2) is 9.97 Å². The van der Waals surface area contributed by atoms with Gasteiger partial charge in [0, 0.05) is 17.3 Å². The SMILES string of the molecule is CC(C)Cc1ccc(-c2nc(NN)cc(C(C)C)n2)cc1. The fourth-order valence-electron chi connectivity index (χ4n) is 2.23. The van der Waals surface area contributed by atoms with Gasteiger partial charge in [-0.05, 0) is 23.8 Å². The number of hydrazine groups is 1. The highest BCUT2D eigenvalue weighted by atomic mass is 15.3. The van der Waals surface area contributed by atoms with Gasteiger partial charge in [0.15, 0.2) is 5.82 Å². The molecule has 2 rings (SSSR count). The van der Waals surface area contributed by atoms with E-state index in [-0.39, 0.29) is 0 Å². The van der Waals surface area contributed by atoms with E-state index >= 15 is 0 Å². The largest absolute Gasteiger partial charge is 0.308 e. The van der Waals surface area contributed by atoms with Crippen molar-refractivity contribution in [2.75, 3.05) is 5.43 Å². The number of anilines is 1. The van der Waals surface area contributed by atoms with Crippen molar-refractivity contribution in [3.63, 3.8) is 0 Å². The second kappa shape index (κ2) is 6.68. The Bertz CT molecular complexity index is 588. The summed E-state index contributed by atoms with van der Waals surface area (Å²) in [5.41, 5.74) is 5.96. The van der Waals surface area contributed by atoms with Crippen LogP contribution in [0.3, 0.4) is 0 Å². The number of nitrogens with one attached hydrogen (secondary N) is 1. The van der Waals surface area contributed by atoms with Crippen LogP contribution in [0.1, 0.15) is 44.9 Å². The number of hydrogen-bond donors (Lipinski definition) is 2. The Balaban J connectivity index is 2.34. The lowest BCUT2D eigenvalue weighted by atomic mass is 10.0. The molecule has 0 aliphatic carbocycles. The number of benzene rings is 1. The van der Waals surface area contributed by atoms with Crippen LogP contribution in [0.15, 0.2) is 30.3 Å². The number of nitrogen functional groups attached to an aromatic ring is 1. The Morgan fingerprint density at radius 2 is 1.71 bits per heavy atom. The van der Waals surface area contributed by atoms with Crippen molar-refractivity contribution in [1.29, 1.82) is 0 Å². The Morgan fingerprint density at radius 1 is 1.05 bits per heavy atom. The zero-order valence-corrected chi connectivity index (χ0v) is 13.2. The predicted molar refractivity (Wildman–Crippen MR) is 87.9 cm³/mol. The third kappa shape index (κ3) is 4.02. The molecule has 0 aliphatic rings. The molecule has 4 nitrogen and oxygen atoms in total. The molecule has 4 heteroatoms. The summed E-state index contributed by atoms with van der Waals surface area (Å²) in [5, 5.41) is 0. The van der Waals surface area contributed by atoms with Crippen molar-refractivity contribution in [3.05, 3.63) is 41.6 Å². The van der Waals surface area contributed by atoms with Crippen LogP contribution in [0.25, 0.3) is 11.4 Å². The number of nitrogens with zero attached hydrogens (tertiary/aromatic N) is 2. The minimum Gasteiger partial charge on any atom is -0.308 e. The lowest BCUT2D eigenvalue weighted by Gasteiger charge is -2.11. The molecule has 0 saturated heterocycles. The second-order valence-electron chi connectivity index (χ2n) is 6.10. The van der Waals surface area contributed by atoms with Gasteiger partial charge in [0.25, 0.3) is 0 Å². The van der Waals surface area contributed by atoms with E-state index in [1.54, 1.807) is 0 Å². The van der Waals surface area contributed by atoms with E-state index in [1.165, 1.54) is 5.56 Å². The fourth-order valence-corrected chi connectivity index (χ4v) is 2.23. The maximum Gasteiger partial charge on any atom is 0.161 e. The molecule has 0 fully saturated rings. The monoisotopic (exact) mass is 284 g/mol. The summed E-state index contributed by atoms with van der Waals surface area (Å²) < 4.78 is 0. The zero-order chi connectivity index (χ0) is 15.4. The quantitative estimate of drug-likeness (QED) is 0.648. The molecule has 0 aliphatic heterocycles. The number of hydrogen-bond acceptors (Lipinski definition) is 4. The first-order valence-electron chi connectivity index (χ1n) is 7.44. The van der Waals surface area contributed by atoms with E-state index in [2.05, 4.69) is 67.4 Å². The Hall–Kier alpha value is -1.94. The van der Waals surface area contributed by atoms with E-state index in [4.69, 9.17) is 5.84 Å². The van der Waals surface area contributed by atoms with E-state index in [1.807, 2.05) is 6.07 Å². The molecule has 0 spiro atoms. The summed E-state index contributed by atoms with van der Waals surface area (Å²) >= 11 is 0. The number of aromatic nitrogens is 2. The molecule has 21 heavy (non-hydrogen) atoms. The lowest BCUT2D eigenvalue weighted by molar-refractivity contribution is 0.647. The smallest absolute Gasteiger partial charge is 0.161 e. The Morgan fingerprint density at radius 3 is 2.24 bits per heavy atom. The molecule has 1 heterocycles. The molecular formula is C17H24N4. The maximum atomic E-state index is 5.50. The molecule has 1 aromatic heterocycles. The van der Waals surface area contributed by atoms with Crippen molar-refractivity contribution < 1.29 is 0 Å². The van der Waals surface area contributed by atoms with Crippen LogP contribution < -0.4 is 11.3 Å². The fraction of sp³-hybridized carbons (Fsp3) is 0.412. The average molecular weight is 284 g/mol. The third-order valence-corrected chi connectivity index (χ3v) is 3.34. The summed E-state index contributed by atoms with van der Waals surface area (Å²) in [7, 11) is 0. The van der Waals surface area contributed by atoms with Crippen LogP contribution >= 0.6 is 0 Å². The molecule has 0 bridgehead atoms. The molecule has 2 aromatic rings. The van der Waals surface area contributed by atoms with Gasteiger partial charge in [0.1, 0.15) is 5.82 Å². The third-order valence-electron chi connectivity index (χ3n) is 3.34. The van der Waals surface area contributed by atoms with Gasteiger partial charge in [-0.1, -0.05) is 52.0 Å². The van der Waals surface area contributed by atoms with E-state index in [9.17, 15) is 0 Å². The van der Waals surface area contributed by atoms with Crippen LogP contribution in [-0.2, 0) is 6.42 Å². The number of rotatable bonds is 5. The highest BCUT2D eigenvalue weighted by molar-refractivity contribution is 5.58. The first-order chi connectivity index (χ1) is 9.99. The first kappa shape index (κ1) is 15.4. The first-order valence-corrected chi connectivity index (χ1v) is 7.44. The second-order valence-corrected chi connectivity index (χ2v) is 6.10. The number of nitrogens with two attached hydrogens (primary N) is 1. The summed E-state index contributed by atoms with van der Waals surface area (Å²) in [5.74, 6) is 7.86. The molecule has 0 unspecified atom stereocenters. The van der Waals surface area contributed by atoms with Crippen LogP contribution in [0, 0.1) is 5.92 Å². The topological polar surface area (TPSA) is 63.8 Å². The molecule has 0 atom stereocenters. The van der Waals surface area contributed by atoms with Gasteiger partial charge in [-0.3, -0.25) is 0 Å². The molecule has 0 radical (unpaired) electrons. The summed E-state index contributed by atoms with van der Waals surface area (Å²) in [6, 6.07) is 10.3. The van der Waals surface area contributed by atoms with Gasteiger partial charge in [0.2, 0.25) is 0 Å². The molecule has 0 saturated carbocycles. The zero-order valence-electron chi connectivity index (χ0n) is 13.2. The maximum absolute atomic E-state index is 5.50. The standard InChI is InChI=1S/C17H24N4/c1-11(2)9-13-5-7-14(8-6-13)17-19-15(12(3)4)10-16(20-17)21-18/h5-8,10-12H,9,18H2,1-4H3,(H,19,20,21). The predicted octanol–water partition coefficient (Wildman–Crippen LogP) is 3.75. The van der Waals surface area contributed by atoms with Gasteiger partial charge >= 0.3 is 0 Å².